The summed E-state index contributed by atoms with van der Waals surface area (Å²) in [5.41, 5.74) is 4.37. The van der Waals surface area contributed by atoms with E-state index in [2.05, 4.69) is 32.3 Å². The van der Waals surface area contributed by atoms with Crippen LogP contribution in [0, 0.1) is 11.3 Å². The number of nitrogens with one attached hydrogen (secondary N) is 1. The van der Waals surface area contributed by atoms with Crippen LogP contribution in [0.15, 0.2) is 51.9 Å². The molecule has 0 unspecified atom stereocenters. The van der Waals surface area contributed by atoms with Crippen molar-refractivity contribution >= 4 is 38.7 Å². The van der Waals surface area contributed by atoms with Crippen molar-refractivity contribution in [1.29, 1.82) is 5.26 Å². The summed E-state index contributed by atoms with van der Waals surface area (Å²) in [6.07, 6.45) is 0. The van der Waals surface area contributed by atoms with Crippen LogP contribution in [-0.4, -0.2) is 5.71 Å². The van der Waals surface area contributed by atoms with Crippen molar-refractivity contribution in [2.45, 2.75) is 13.8 Å². The maximum atomic E-state index is 8.80. The standard InChI is InChI=1S/C16H14BrN3/c1-11(2)19-15-8-5-13(17)9-16(15)20-14-6-3-12(10-18)4-7-14/h3-9,20H,1-2H3. The lowest BCUT2D eigenvalue weighted by Gasteiger charge is -2.10. The Bertz CT molecular complexity index is 678. The van der Waals surface area contributed by atoms with E-state index >= 15 is 0 Å². The van der Waals surface area contributed by atoms with Crippen molar-refractivity contribution in [3.8, 4) is 6.07 Å². The van der Waals surface area contributed by atoms with E-state index < -0.39 is 0 Å². The molecule has 20 heavy (non-hydrogen) atoms. The van der Waals surface area contributed by atoms with Gasteiger partial charge in [-0.25, -0.2) is 0 Å². The van der Waals surface area contributed by atoms with Gasteiger partial charge < -0.3 is 5.32 Å². The fourth-order valence-electron chi connectivity index (χ4n) is 1.73. The van der Waals surface area contributed by atoms with Crippen LogP contribution in [0.4, 0.5) is 17.1 Å². The van der Waals surface area contributed by atoms with Crippen molar-refractivity contribution in [2.75, 3.05) is 5.32 Å². The highest BCUT2D eigenvalue weighted by atomic mass is 79.9. The normalized spacial score (nSPS) is 9.70. The van der Waals surface area contributed by atoms with Crippen LogP contribution in [0.1, 0.15) is 19.4 Å². The molecule has 0 heterocycles. The number of benzene rings is 2. The molecule has 0 spiro atoms. The molecular weight excluding hydrogens is 314 g/mol. The number of nitrogens with zero attached hydrogens (tertiary/aromatic N) is 2. The fourth-order valence-corrected chi connectivity index (χ4v) is 2.09. The number of anilines is 2. The summed E-state index contributed by atoms with van der Waals surface area (Å²) in [6, 6.07) is 15.4. The molecule has 0 aliphatic rings. The van der Waals surface area contributed by atoms with E-state index in [-0.39, 0.29) is 0 Å². The summed E-state index contributed by atoms with van der Waals surface area (Å²) in [6.45, 7) is 3.93. The molecule has 0 aliphatic carbocycles. The fraction of sp³-hybridized carbons (Fsp3) is 0.125. The first-order chi connectivity index (χ1) is 9.58. The Labute approximate surface area is 127 Å². The Morgan fingerprint density at radius 3 is 2.45 bits per heavy atom. The van der Waals surface area contributed by atoms with Crippen LogP contribution in [0.3, 0.4) is 0 Å². The van der Waals surface area contributed by atoms with E-state index in [9.17, 15) is 0 Å². The van der Waals surface area contributed by atoms with Gasteiger partial charge in [0.05, 0.1) is 23.0 Å². The van der Waals surface area contributed by atoms with Crippen molar-refractivity contribution in [1.82, 2.24) is 0 Å². The molecule has 0 fully saturated rings. The van der Waals surface area contributed by atoms with Crippen LogP contribution in [0.5, 0.6) is 0 Å². The molecule has 0 saturated carbocycles. The molecule has 100 valence electrons. The predicted molar refractivity (Wildman–Crippen MR) is 87.0 cm³/mol. The topological polar surface area (TPSA) is 48.2 Å². The number of halogens is 1. The second-order valence-corrected chi connectivity index (χ2v) is 5.45. The lowest BCUT2D eigenvalue weighted by atomic mass is 10.2. The lowest BCUT2D eigenvalue weighted by Crippen LogP contribution is -1.92. The molecule has 0 amide bonds. The summed E-state index contributed by atoms with van der Waals surface area (Å²) in [4.78, 5) is 4.51. The van der Waals surface area contributed by atoms with Crippen molar-refractivity contribution < 1.29 is 0 Å². The highest BCUT2D eigenvalue weighted by Gasteiger charge is 2.03. The minimum Gasteiger partial charge on any atom is -0.354 e. The molecule has 0 bridgehead atoms. The largest absolute Gasteiger partial charge is 0.354 e. The zero-order chi connectivity index (χ0) is 14.5. The SMILES string of the molecule is CC(C)=Nc1ccc(Br)cc1Nc1ccc(C#N)cc1. The van der Waals surface area contributed by atoms with Gasteiger partial charge in [0.2, 0.25) is 0 Å². The van der Waals surface area contributed by atoms with Gasteiger partial charge in [-0.05, 0) is 56.3 Å². The van der Waals surface area contributed by atoms with Gasteiger partial charge in [0.25, 0.3) is 0 Å². The van der Waals surface area contributed by atoms with E-state index in [1.165, 1.54) is 0 Å². The number of aliphatic imine (C=N–C) groups is 1. The average molecular weight is 328 g/mol. The number of hydrogen-bond donors (Lipinski definition) is 1. The molecule has 4 heteroatoms. The minimum atomic E-state index is 0.646. The second-order valence-electron chi connectivity index (χ2n) is 4.53. The van der Waals surface area contributed by atoms with Crippen LogP contribution in [-0.2, 0) is 0 Å². The van der Waals surface area contributed by atoms with Gasteiger partial charge in [0.1, 0.15) is 0 Å². The predicted octanol–water partition coefficient (Wildman–Crippen LogP) is 5.18. The molecule has 0 atom stereocenters. The Morgan fingerprint density at radius 1 is 1.15 bits per heavy atom. The zero-order valence-corrected chi connectivity index (χ0v) is 12.9. The number of hydrogen-bond acceptors (Lipinski definition) is 3. The molecule has 3 nitrogen and oxygen atoms in total. The maximum Gasteiger partial charge on any atom is 0.0991 e. The summed E-state index contributed by atoms with van der Waals surface area (Å²) < 4.78 is 0.987. The van der Waals surface area contributed by atoms with E-state index in [1.807, 2.05) is 44.2 Å². The molecule has 0 aliphatic heterocycles. The van der Waals surface area contributed by atoms with Gasteiger partial charge in [-0.3, -0.25) is 4.99 Å². The Hall–Kier alpha value is -2.12. The van der Waals surface area contributed by atoms with E-state index in [1.54, 1.807) is 12.1 Å². The smallest absolute Gasteiger partial charge is 0.0991 e. The third-order valence-electron chi connectivity index (χ3n) is 2.60. The highest BCUT2D eigenvalue weighted by Crippen LogP contribution is 2.31. The summed E-state index contributed by atoms with van der Waals surface area (Å²) >= 11 is 3.47. The Morgan fingerprint density at radius 2 is 1.85 bits per heavy atom. The van der Waals surface area contributed by atoms with Crippen LogP contribution < -0.4 is 5.32 Å². The van der Waals surface area contributed by atoms with Crippen molar-refractivity contribution in [3.05, 3.63) is 52.5 Å². The molecule has 0 aromatic heterocycles. The summed E-state index contributed by atoms with van der Waals surface area (Å²) in [5.74, 6) is 0. The molecule has 2 rings (SSSR count). The van der Waals surface area contributed by atoms with Crippen molar-refractivity contribution in [3.63, 3.8) is 0 Å². The Kier molecular flexibility index (Phi) is 4.54. The first-order valence-electron chi connectivity index (χ1n) is 6.17. The Balaban J connectivity index is 2.34. The first kappa shape index (κ1) is 14.3. The lowest BCUT2D eigenvalue weighted by molar-refractivity contribution is 1.43. The third-order valence-corrected chi connectivity index (χ3v) is 3.09. The molecule has 0 saturated heterocycles. The highest BCUT2D eigenvalue weighted by molar-refractivity contribution is 9.10. The van der Waals surface area contributed by atoms with Gasteiger partial charge in [-0.15, -0.1) is 0 Å². The molecule has 2 aromatic carbocycles. The number of nitriles is 1. The molecule has 0 radical (unpaired) electrons. The van der Waals surface area contributed by atoms with Crippen molar-refractivity contribution in [2.24, 2.45) is 4.99 Å². The van der Waals surface area contributed by atoms with Gasteiger partial charge >= 0.3 is 0 Å². The monoisotopic (exact) mass is 327 g/mol. The zero-order valence-electron chi connectivity index (χ0n) is 11.3. The van der Waals surface area contributed by atoms with E-state index in [4.69, 9.17) is 5.26 Å². The minimum absolute atomic E-state index is 0.646. The second kappa shape index (κ2) is 6.36. The molecule has 2 aromatic rings. The first-order valence-corrected chi connectivity index (χ1v) is 6.96. The van der Waals surface area contributed by atoms with E-state index in [0.29, 0.717) is 5.56 Å². The average Bonchev–Trinajstić information content (AvgIpc) is 2.42. The quantitative estimate of drug-likeness (QED) is 0.790. The van der Waals surface area contributed by atoms with Crippen LogP contribution >= 0.6 is 15.9 Å². The van der Waals surface area contributed by atoms with Gasteiger partial charge in [0, 0.05) is 15.9 Å². The number of rotatable bonds is 3. The van der Waals surface area contributed by atoms with Crippen LogP contribution in [0.25, 0.3) is 0 Å². The summed E-state index contributed by atoms with van der Waals surface area (Å²) in [5, 5.41) is 12.1. The van der Waals surface area contributed by atoms with Gasteiger partial charge in [-0.2, -0.15) is 5.26 Å². The summed E-state index contributed by atoms with van der Waals surface area (Å²) in [7, 11) is 0. The van der Waals surface area contributed by atoms with E-state index in [0.717, 1.165) is 27.2 Å². The third kappa shape index (κ3) is 3.69. The van der Waals surface area contributed by atoms with Gasteiger partial charge in [-0.1, -0.05) is 15.9 Å². The molecular formula is C16H14BrN3. The maximum absolute atomic E-state index is 8.80. The van der Waals surface area contributed by atoms with Gasteiger partial charge in [0.15, 0.2) is 0 Å². The molecule has 1 N–H and O–H groups in total. The van der Waals surface area contributed by atoms with Crippen LogP contribution in [0.2, 0.25) is 0 Å².